The van der Waals surface area contributed by atoms with Gasteiger partial charge in [-0.05, 0) is 16.0 Å². The molecule has 5 nitrogen and oxygen atoms in total. The number of carbonyl (C=O) groups excluding carboxylic acids is 1. The van der Waals surface area contributed by atoms with Crippen LogP contribution in [-0.2, 0) is 0 Å². The number of nitrogens with zero attached hydrogens (tertiary/aromatic N) is 2. The Morgan fingerprint density at radius 1 is 1.60 bits per heavy atom. The number of aromatic nitrogens is 1. The molecule has 80 valence electrons. The molecule has 0 aliphatic rings. The van der Waals surface area contributed by atoms with Crippen molar-refractivity contribution in [2.24, 2.45) is 0 Å². The normalized spacial score (nSPS) is 10.4. The van der Waals surface area contributed by atoms with Gasteiger partial charge in [-0.15, -0.1) is 0 Å². The fraction of sp³-hybridized carbons (Fsp3) is 0.250. The molecule has 0 aliphatic heterocycles. The van der Waals surface area contributed by atoms with Gasteiger partial charge in [-0.2, -0.15) is 0 Å². The third-order valence-corrected chi connectivity index (χ3v) is 1.80. The quantitative estimate of drug-likeness (QED) is 0.440. The number of halogens is 2. The molecule has 0 bridgehead atoms. The second-order valence-corrected chi connectivity index (χ2v) is 2.75. The first-order valence-electron chi connectivity index (χ1n) is 3.86. The van der Waals surface area contributed by atoms with E-state index < -0.39 is 28.3 Å². The fourth-order valence-electron chi connectivity index (χ4n) is 1.08. The van der Waals surface area contributed by atoms with Gasteiger partial charge in [0, 0.05) is 6.92 Å². The maximum atomic E-state index is 12.4. The molecule has 7 heteroatoms. The van der Waals surface area contributed by atoms with Crippen molar-refractivity contribution in [3.05, 3.63) is 33.0 Å². The zero-order valence-corrected chi connectivity index (χ0v) is 7.61. The summed E-state index contributed by atoms with van der Waals surface area (Å²) in [6.45, 7) is 1.23. The Hall–Kier alpha value is -1.92. The molecule has 15 heavy (non-hydrogen) atoms. The monoisotopic (exact) mass is 216 g/mol. The third-order valence-electron chi connectivity index (χ3n) is 1.80. The Labute approximate surface area is 82.9 Å². The van der Waals surface area contributed by atoms with Crippen LogP contribution in [0.2, 0.25) is 0 Å². The maximum Gasteiger partial charge on any atom is 0.374 e. The predicted molar refractivity (Wildman–Crippen MR) is 46.0 cm³/mol. The van der Waals surface area contributed by atoms with Gasteiger partial charge in [-0.25, -0.2) is 8.78 Å². The summed E-state index contributed by atoms with van der Waals surface area (Å²) in [6, 6.07) is 0.790. The van der Waals surface area contributed by atoms with Gasteiger partial charge in [0.1, 0.15) is 5.56 Å². The molecule has 0 saturated carbocycles. The summed E-state index contributed by atoms with van der Waals surface area (Å²) in [6.07, 6.45) is -2.67. The van der Waals surface area contributed by atoms with Gasteiger partial charge in [-0.3, -0.25) is 4.79 Å². The van der Waals surface area contributed by atoms with Crippen molar-refractivity contribution in [3.8, 4) is 0 Å². The number of nitro groups is 1. The summed E-state index contributed by atoms with van der Waals surface area (Å²) in [5, 5.41) is 10.4. The van der Waals surface area contributed by atoms with E-state index in [1.807, 2.05) is 0 Å². The molecule has 0 radical (unpaired) electrons. The number of rotatable bonds is 3. The van der Waals surface area contributed by atoms with Gasteiger partial charge in [-0.1, -0.05) is 0 Å². The molecular formula is C8H6F2N2O3. The third kappa shape index (κ3) is 2.12. The Kier molecular flexibility index (Phi) is 3.03. The molecule has 0 spiro atoms. The van der Waals surface area contributed by atoms with Crippen LogP contribution < -0.4 is 0 Å². The number of aldehydes is 1. The van der Waals surface area contributed by atoms with E-state index in [2.05, 4.69) is 4.98 Å². The fourth-order valence-corrected chi connectivity index (χ4v) is 1.08. The van der Waals surface area contributed by atoms with Crippen molar-refractivity contribution in [1.29, 1.82) is 0 Å². The zero-order chi connectivity index (χ0) is 11.6. The molecule has 1 aromatic heterocycles. The largest absolute Gasteiger partial charge is 0.374 e. The van der Waals surface area contributed by atoms with E-state index in [0.717, 1.165) is 6.07 Å². The first-order chi connectivity index (χ1) is 6.97. The summed E-state index contributed by atoms with van der Waals surface area (Å²) in [4.78, 5) is 23.3. The lowest BCUT2D eigenvalue weighted by Gasteiger charge is -2.02. The average molecular weight is 216 g/mol. The first kappa shape index (κ1) is 11.2. The summed E-state index contributed by atoms with van der Waals surface area (Å²) in [5.74, 6) is -0.702. The van der Waals surface area contributed by atoms with Crippen LogP contribution >= 0.6 is 0 Å². The standard InChI is InChI=1S/C8H6F2N2O3/c1-4-6(7(9)10)2-5(3-13)8(11-4)12(14)15/h2-3,7H,1H3. The number of hydrogen-bond acceptors (Lipinski definition) is 4. The number of carbonyl (C=O) groups is 1. The summed E-state index contributed by atoms with van der Waals surface area (Å²) >= 11 is 0. The van der Waals surface area contributed by atoms with Crippen LogP contribution in [0.3, 0.4) is 0 Å². The van der Waals surface area contributed by atoms with Crippen LogP contribution in [0.15, 0.2) is 6.07 Å². The van der Waals surface area contributed by atoms with Crippen LogP contribution in [-0.4, -0.2) is 16.2 Å². The highest BCUT2D eigenvalue weighted by Crippen LogP contribution is 2.25. The topological polar surface area (TPSA) is 73.1 Å². The Morgan fingerprint density at radius 2 is 2.20 bits per heavy atom. The molecule has 0 saturated heterocycles. The SMILES string of the molecule is Cc1nc([N+](=O)[O-])c(C=O)cc1C(F)F. The molecule has 0 atom stereocenters. The molecule has 0 unspecified atom stereocenters. The molecule has 0 N–H and O–H groups in total. The second-order valence-electron chi connectivity index (χ2n) is 2.75. The summed E-state index contributed by atoms with van der Waals surface area (Å²) in [5.41, 5.74) is -1.06. The number of pyridine rings is 1. The van der Waals surface area contributed by atoms with E-state index in [4.69, 9.17) is 0 Å². The molecule has 0 aromatic carbocycles. The highest BCUT2D eigenvalue weighted by atomic mass is 19.3. The van der Waals surface area contributed by atoms with E-state index in [0.29, 0.717) is 0 Å². The van der Waals surface area contributed by atoms with Gasteiger partial charge >= 0.3 is 5.82 Å². The van der Waals surface area contributed by atoms with Crippen LogP contribution in [0.4, 0.5) is 14.6 Å². The molecule has 1 aromatic rings. The van der Waals surface area contributed by atoms with E-state index in [-0.39, 0.29) is 12.0 Å². The van der Waals surface area contributed by atoms with Gasteiger partial charge in [0.25, 0.3) is 6.43 Å². The predicted octanol–water partition coefficient (Wildman–Crippen LogP) is 2.05. The van der Waals surface area contributed by atoms with Crippen molar-refractivity contribution in [1.82, 2.24) is 4.98 Å². The average Bonchev–Trinajstić information content (AvgIpc) is 2.16. The Bertz CT molecular complexity index is 421. The molecular weight excluding hydrogens is 210 g/mol. The smallest absolute Gasteiger partial charge is 0.358 e. The van der Waals surface area contributed by atoms with Crippen molar-refractivity contribution in [2.75, 3.05) is 0 Å². The zero-order valence-electron chi connectivity index (χ0n) is 7.61. The van der Waals surface area contributed by atoms with Crippen molar-refractivity contribution >= 4 is 12.1 Å². The lowest BCUT2D eigenvalue weighted by atomic mass is 10.1. The molecule has 0 amide bonds. The molecule has 0 aliphatic carbocycles. The van der Waals surface area contributed by atoms with E-state index in [1.54, 1.807) is 0 Å². The van der Waals surface area contributed by atoms with Crippen molar-refractivity contribution in [2.45, 2.75) is 13.3 Å². The number of aryl methyl sites for hydroxylation is 1. The second kappa shape index (κ2) is 4.07. The summed E-state index contributed by atoms with van der Waals surface area (Å²) < 4.78 is 24.7. The van der Waals surface area contributed by atoms with Crippen LogP contribution in [0.25, 0.3) is 0 Å². The minimum absolute atomic E-state index is 0.135. The van der Waals surface area contributed by atoms with Gasteiger partial charge < -0.3 is 10.1 Å². The summed E-state index contributed by atoms with van der Waals surface area (Å²) in [7, 11) is 0. The minimum Gasteiger partial charge on any atom is -0.358 e. The van der Waals surface area contributed by atoms with Gasteiger partial charge in [0.2, 0.25) is 0 Å². The van der Waals surface area contributed by atoms with E-state index in [9.17, 15) is 23.7 Å². The van der Waals surface area contributed by atoms with Crippen LogP contribution in [0.5, 0.6) is 0 Å². The van der Waals surface area contributed by atoms with Gasteiger partial charge in [0.05, 0.1) is 5.56 Å². The lowest BCUT2D eigenvalue weighted by Crippen LogP contribution is -2.03. The van der Waals surface area contributed by atoms with Crippen molar-refractivity contribution < 1.29 is 18.5 Å². The molecule has 1 heterocycles. The van der Waals surface area contributed by atoms with Crippen molar-refractivity contribution in [3.63, 3.8) is 0 Å². The highest BCUT2D eigenvalue weighted by Gasteiger charge is 2.23. The number of alkyl halides is 2. The molecule has 0 fully saturated rings. The number of hydrogen-bond donors (Lipinski definition) is 0. The minimum atomic E-state index is -2.81. The lowest BCUT2D eigenvalue weighted by molar-refractivity contribution is -0.389. The highest BCUT2D eigenvalue weighted by molar-refractivity contribution is 5.80. The Morgan fingerprint density at radius 3 is 2.60 bits per heavy atom. The van der Waals surface area contributed by atoms with Crippen LogP contribution in [0, 0.1) is 17.0 Å². The van der Waals surface area contributed by atoms with Crippen LogP contribution in [0.1, 0.15) is 28.0 Å². The van der Waals surface area contributed by atoms with E-state index >= 15 is 0 Å². The first-order valence-corrected chi connectivity index (χ1v) is 3.86. The maximum absolute atomic E-state index is 12.4. The Balaban J connectivity index is 3.42. The van der Waals surface area contributed by atoms with Gasteiger partial charge in [0.15, 0.2) is 12.0 Å². The van der Waals surface area contributed by atoms with E-state index in [1.165, 1.54) is 6.92 Å². The molecule has 1 rings (SSSR count).